The fourth-order valence-electron chi connectivity index (χ4n) is 2.33. The zero-order chi connectivity index (χ0) is 17.1. The van der Waals surface area contributed by atoms with Crippen LogP contribution >= 0.6 is 0 Å². The van der Waals surface area contributed by atoms with E-state index >= 15 is 0 Å². The Kier molecular flexibility index (Phi) is 4.33. The summed E-state index contributed by atoms with van der Waals surface area (Å²) in [6, 6.07) is 10.00. The van der Waals surface area contributed by atoms with Gasteiger partial charge in [0.25, 0.3) is 11.5 Å². The van der Waals surface area contributed by atoms with Gasteiger partial charge in [-0.1, -0.05) is 11.2 Å². The van der Waals surface area contributed by atoms with E-state index in [0.717, 1.165) is 0 Å². The van der Waals surface area contributed by atoms with E-state index < -0.39 is 0 Å². The molecule has 0 aliphatic rings. The maximum atomic E-state index is 12.4. The van der Waals surface area contributed by atoms with Crippen LogP contribution in [-0.4, -0.2) is 27.6 Å². The minimum atomic E-state index is -0.262. The number of pyridine rings is 1. The summed E-state index contributed by atoms with van der Waals surface area (Å²) >= 11 is 0. The number of hydrogen-bond acceptors (Lipinski definition) is 5. The van der Waals surface area contributed by atoms with E-state index in [1.165, 1.54) is 15.5 Å². The predicted octanol–water partition coefficient (Wildman–Crippen LogP) is 2.06. The molecule has 0 unspecified atom stereocenters. The summed E-state index contributed by atoms with van der Waals surface area (Å²) in [4.78, 5) is 25.6. The number of carbonyl (C=O) groups excluding carboxylic acids is 1. The lowest BCUT2D eigenvalue weighted by atomic mass is 10.3. The molecule has 0 N–H and O–H groups in total. The number of nitrogens with zero attached hydrogens (tertiary/aromatic N) is 3. The first-order valence-electron chi connectivity index (χ1n) is 7.45. The van der Waals surface area contributed by atoms with Gasteiger partial charge < -0.3 is 18.4 Å². The molecule has 0 saturated carbocycles. The minimum Gasteiger partial charge on any atom is -0.454 e. The first-order valence-corrected chi connectivity index (χ1v) is 7.45. The van der Waals surface area contributed by atoms with Crippen LogP contribution in [0.25, 0.3) is 0 Å². The first kappa shape index (κ1) is 15.8. The van der Waals surface area contributed by atoms with E-state index in [4.69, 9.17) is 8.94 Å². The van der Waals surface area contributed by atoms with Gasteiger partial charge in [0.2, 0.25) is 0 Å². The predicted molar refractivity (Wildman–Crippen MR) is 85.5 cm³/mol. The Labute approximate surface area is 138 Å². The topological polar surface area (TPSA) is 81.5 Å². The van der Waals surface area contributed by atoms with Gasteiger partial charge in [0.15, 0.2) is 5.76 Å². The Balaban J connectivity index is 1.69. The van der Waals surface area contributed by atoms with Gasteiger partial charge in [-0.15, -0.1) is 0 Å². The highest BCUT2D eigenvalue weighted by molar-refractivity contribution is 5.91. The van der Waals surface area contributed by atoms with Crippen LogP contribution in [0.5, 0.6) is 0 Å². The SMILES string of the molecule is Cc1cc(CN(C)C(=O)c2ccc(Cn3ccccc3=O)o2)no1. The normalized spacial score (nSPS) is 10.8. The number of aryl methyl sites for hydroxylation is 1. The van der Waals surface area contributed by atoms with Crippen molar-refractivity contribution in [1.29, 1.82) is 0 Å². The molecule has 7 nitrogen and oxygen atoms in total. The van der Waals surface area contributed by atoms with Gasteiger partial charge in [-0.25, -0.2) is 0 Å². The molecular formula is C17H17N3O4. The van der Waals surface area contributed by atoms with Crippen LogP contribution in [0.4, 0.5) is 0 Å². The van der Waals surface area contributed by atoms with Crippen LogP contribution in [-0.2, 0) is 13.1 Å². The van der Waals surface area contributed by atoms with Crippen molar-refractivity contribution < 1.29 is 13.7 Å². The standard InChI is InChI=1S/C17H17N3O4/c1-12-9-13(18-24-12)10-19(2)17(22)15-7-6-14(23-15)11-20-8-4-3-5-16(20)21/h3-9H,10-11H2,1-2H3. The highest BCUT2D eigenvalue weighted by atomic mass is 16.5. The summed E-state index contributed by atoms with van der Waals surface area (Å²) in [6.45, 7) is 2.39. The van der Waals surface area contributed by atoms with E-state index in [2.05, 4.69) is 5.16 Å². The van der Waals surface area contributed by atoms with Crippen molar-refractivity contribution >= 4 is 5.91 Å². The molecule has 3 aromatic heterocycles. The molecule has 7 heteroatoms. The Morgan fingerprint density at radius 2 is 2.12 bits per heavy atom. The Hall–Kier alpha value is -3.09. The fraction of sp³-hybridized carbons (Fsp3) is 0.235. The molecule has 0 fully saturated rings. The van der Waals surface area contributed by atoms with Gasteiger partial charge in [0.05, 0.1) is 13.1 Å². The molecule has 0 spiro atoms. The summed E-state index contributed by atoms with van der Waals surface area (Å²) in [6.07, 6.45) is 1.67. The van der Waals surface area contributed by atoms with Crippen molar-refractivity contribution in [1.82, 2.24) is 14.6 Å². The number of aromatic nitrogens is 2. The maximum Gasteiger partial charge on any atom is 0.289 e. The fourth-order valence-corrected chi connectivity index (χ4v) is 2.33. The van der Waals surface area contributed by atoms with E-state index in [9.17, 15) is 9.59 Å². The zero-order valence-corrected chi connectivity index (χ0v) is 13.4. The average molecular weight is 327 g/mol. The van der Waals surface area contributed by atoms with Gasteiger partial charge in [-0.2, -0.15) is 0 Å². The van der Waals surface area contributed by atoms with Gasteiger partial charge >= 0.3 is 0 Å². The van der Waals surface area contributed by atoms with E-state index in [1.807, 2.05) is 0 Å². The third-order valence-electron chi connectivity index (χ3n) is 3.52. The average Bonchev–Trinajstić information content (AvgIpc) is 3.18. The smallest absolute Gasteiger partial charge is 0.289 e. The molecule has 0 saturated heterocycles. The number of carbonyl (C=O) groups is 1. The highest BCUT2D eigenvalue weighted by Gasteiger charge is 2.17. The summed E-state index contributed by atoms with van der Waals surface area (Å²) in [5.74, 6) is 1.19. The van der Waals surface area contributed by atoms with Crippen molar-refractivity contribution in [2.24, 2.45) is 0 Å². The van der Waals surface area contributed by atoms with E-state index in [1.54, 1.807) is 50.5 Å². The van der Waals surface area contributed by atoms with E-state index in [-0.39, 0.29) is 23.8 Å². The number of furan rings is 1. The molecule has 0 aliphatic carbocycles. The van der Waals surface area contributed by atoms with Crippen LogP contribution in [0.1, 0.15) is 27.8 Å². The lowest BCUT2D eigenvalue weighted by molar-refractivity contribution is 0.0748. The van der Waals surface area contributed by atoms with Gasteiger partial charge in [-0.05, 0) is 25.1 Å². The molecule has 3 rings (SSSR count). The molecule has 3 aromatic rings. The van der Waals surface area contributed by atoms with Crippen LogP contribution in [0.15, 0.2) is 56.3 Å². The van der Waals surface area contributed by atoms with Crippen LogP contribution in [0.2, 0.25) is 0 Å². The summed E-state index contributed by atoms with van der Waals surface area (Å²) in [7, 11) is 1.66. The minimum absolute atomic E-state index is 0.125. The maximum absolute atomic E-state index is 12.4. The van der Waals surface area contributed by atoms with Crippen molar-refractivity contribution in [3.63, 3.8) is 0 Å². The second-order valence-corrected chi connectivity index (χ2v) is 5.52. The van der Waals surface area contributed by atoms with Crippen LogP contribution < -0.4 is 5.56 Å². The third kappa shape index (κ3) is 3.45. The molecule has 1 amide bonds. The second kappa shape index (κ2) is 6.57. The number of rotatable bonds is 5. The Bertz CT molecular complexity index is 906. The quantitative estimate of drug-likeness (QED) is 0.716. The third-order valence-corrected chi connectivity index (χ3v) is 3.52. The number of hydrogen-bond donors (Lipinski definition) is 0. The molecule has 0 radical (unpaired) electrons. The Morgan fingerprint density at radius 1 is 1.29 bits per heavy atom. The monoisotopic (exact) mass is 327 g/mol. The number of amides is 1. The van der Waals surface area contributed by atoms with Crippen molar-refractivity contribution in [3.05, 3.63) is 75.9 Å². The molecule has 0 bridgehead atoms. The summed E-state index contributed by atoms with van der Waals surface area (Å²) in [5, 5.41) is 3.87. The second-order valence-electron chi connectivity index (χ2n) is 5.52. The molecule has 3 heterocycles. The summed E-state index contributed by atoms with van der Waals surface area (Å²) in [5.41, 5.74) is 0.547. The van der Waals surface area contributed by atoms with Gasteiger partial charge in [0.1, 0.15) is 17.2 Å². The van der Waals surface area contributed by atoms with E-state index in [0.29, 0.717) is 23.8 Å². The van der Waals surface area contributed by atoms with Crippen molar-refractivity contribution in [2.45, 2.75) is 20.0 Å². The van der Waals surface area contributed by atoms with Gasteiger partial charge in [0, 0.05) is 25.4 Å². The molecule has 0 atom stereocenters. The molecule has 0 aromatic carbocycles. The van der Waals surface area contributed by atoms with Crippen molar-refractivity contribution in [3.8, 4) is 0 Å². The summed E-state index contributed by atoms with van der Waals surface area (Å²) < 4.78 is 12.1. The molecule has 24 heavy (non-hydrogen) atoms. The van der Waals surface area contributed by atoms with Crippen molar-refractivity contribution in [2.75, 3.05) is 7.05 Å². The van der Waals surface area contributed by atoms with Crippen LogP contribution in [0, 0.1) is 6.92 Å². The molecule has 124 valence electrons. The lowest BCUT2D eigenvalue weighted by Gasteiger charge is -2.13. The zero-order valence-electron chi connectivity index (χ0n) is 13.4. The van der Waals surface area contributed by atoms with Crippen LogP contribution in [0.3, 0.4) is 0 Å². The lowest BCUT2D eigenvalue weighted by Crippen LogP contribution is -2.26. The van der Waals surface area contributed by atoms with Gasteiger partial charge in [-0.3, -0.25) is 9.59 Å². The molecular weight excluding hydrogens is 310 g/mol. The molecule has 0 aliphatic heterocycles. The first-order chi connectivity index (χ1) is 11.5. The Morgan fingerprint density at radius 3 is 2.83 bits per heavy atom. The largest absolute Gasteiger partial charge is 0.454 e. The highest BCUT2D eigenvalue weighted by Crippen LogP contribution is 2.13.